The molecule has 24 heavy (non-hydrogen) atoms. The van der Waals surface area contributed by atoms with E-state index in [1.807, 2.05) is 37.2 Å². The van der Waals surface area contributed by atoms with Gasteiger partial charge in [-0.05, 0) is 64.2 Å². The first-order valence-corrected chi connectivity index (χ1v) is 9.85. The molecular weight excluding hydrogens is 342 g/mol. The molecule has 1 fully saturated rings. The molecule has 134 valence electrons. The van der Waals surface area contributed by atoms with Crippen LogP contribution in [0, 0.1) is 5.92 Å². The van der Waals surface area contributed by atoms with Crippen molar-refractivity contribution in [3.63, 3.8) is 0 Å². The Morgan fingerprint density at radius 1 is 1.50 bits per heavy atom. The molecular formula is C17H28ClN5S. The van der Waals surface area contributed by atoms with Gasteiger partial charge in [-0.15, -0.1) is 0 Å². The molecule has 0 amide bonds. The quantitative estimate of drug-likeness (QED) is 0.336. The van der Waals surface area contributed by atoms with Crippen molar-refractivity contribution in [2.75, 3.05) is 19.6 Å². The minimum absolute atomic E-state index is 0.344. The predicted molar refractivity (Wildman–Crippen MR) is 106 cm³/mol. The molecule has 0 aromatic carbocycles. The van der Waals surface area contributed by atoms with Crippen molar-refractivity contribution in [3.8, 4) is 0 Å². The van der Waals surface area contributed by atoms with Crippen molar-refractivity contribution in [1.29, 1.82) is 0 Å². The van der Waals surface area contributed by atoms with E-state index in [0.29, 0.717) is 12.0 Å². The van der Waals surface area contributed by atoms with Crippen molar-refractivity contribution in [2.24, 2.45) is 16.0 Å². The van der Waals surface area contributed by atoms with Gasteiger partial charge in [0.25, 0.3) is 0 Å². The van der Waals surface area contributed by atoms with E-state index >= 15 is 0 Å². The molecule has 2 aliphatic rings. The number of rotatable bonds is 5. The van der Waals surface area contributed by atoms with Gasteiger partial charge < -0.3 is 5.32 Å². The minimum atomic E-state index is 0.344. The zero-order chi connectivity index (χ0) is 17.4. The van der Waals surface area contributed by atoms with Gasteiger partial charge in [0.2, 0.25) is 5.96 Å². The molecule has 1 unspecified atom stereocenters. The lowest BCUT2D eigenvalue weighted by Crippen LogP contribution is -2.38. The molecule has 0 radical (unpaired) electrons. The summed E-state index contributed by atoms with van der Waals surface area (Å²) in [5.74, 6) is 1.33. The van der Waals surface area contributed by atoms with Crippen molar-refractivity contribution < 1.29 is 0 Å². The number of allylic oxidation sites excluding steroid dienone is 3. The molecule has 1 saturated heterocycles. The normalized spacial score (nSPS) is 23.9. The first-order valence-electron chi connectivity index (χ1n) is 8.66. The van der Waals surface area contributed by atoms with Gasteiger partial charge >= 0.3 is 0 Å². The molecule has 0 aromatic rings. The third-order valence-corrected chi connectivity index (χ3v) is 5.38. The van der Waals surface area contributed by atoms with Gasteiger partial charge in [0.1, 0.15) is 0 Å². The van der Waals surface area contributed by atoms with Crippen LogP contribution in [-0.4, -0.2) is 42.9 Å². The SMILES string of the molecule is C/C=C\C(SNC(=NC1CCNCC1)N1CC(CC)C=N1)=C(/C)Cl. The van der Waals surface area contributed by atoms with E-state index < -0.39 is 0 Å². The van der Waals surface area contributed by atoms with Crippen LogP contribution in [0.1, 0.15) is 40.0 Å². The Morgan fingerprint density at radius 3 is 2.83 bits per heavy atom. The second kappa shape index (κ2) is 10.1. The fourth-order valence-electron chi connectivity index (χ4n) is 2.59. The summed E-state index contributed by atoms with van der Waals surface area (Å²) >= 11 is 7.67. The molecule has 0 saturated carbocycles. The number of guanidine groups is 1. The molecule has 0 aromatic heterocycles. The minimum Gasteiger partial charge on any atom is -0.317 e. The Balaban J connectivity index is 2.09. The number of piperidine rings is 1. The standard InChI is InChI=1S/C17H28ClN5S/c1-4-6-16(13(3)18)24-22-17(21-15-7-9-19-10-8-15)23-12-14(5-2)11-20-23/h4,6,11,14-15,19H,5,7-10,12H2,1-3H3,(H,21,22)/b6-4-,16-13-. The summed E-state index contributed by atoms with van der Waals surface area (Å²) in [5.41, 5.74) is 0. The maximum atomic E-state index is 6.18. The number of hydrogen-bond donors (Lipinski definition) is 2. The average Bonchev–Trinajstić information content (AvgIpc) is 3.07. The van der Waals surface area contributed by atoms with Crippen LogP contribution in [0.3, 0.4) is 0 Å². The van der Waals surface area contributed by atoms with E-state index in [0.717, 1.165) is 54.8 Å². The number of halogens is 1. The number of hydrogen-bond acceptors (Lipinski definition) is 4. The second-order valence-corrected chi connectivity index (χ2v) is 7.47. The zero-order valence-electron chi connectivity index (χ0n) is 14.8. The lowest BCUT2D eigenvalue weighted by molar-refractivity contribution is 0.414. The number of aliphatic imine (C=N–C) groups is 1. The largest absolute Gasteiger partial charge is 0.317 e. The van der Waals surface area contributed by atoms with E-state index in [4.69, 9.17) is 16.6 Å². The summed E-state index contributed by atoms with van der Waals surface area (Å²) in [6.45, 7) is 9.02. The molecule has 5 nitrogen and oxygen atoms in total. The van der Waals surface area contributed by atoms with Gasteiger partial charge in [-0.2, -0.15) is 5.10 Å². The van der Waals surface area contributed by atoms with Gasteiger partial charge in [-0.1, -0.05) is 24.6 Å². The predicted octanol–water partition coefficient (Wildman–Crippen LogP) is 3.71. The van der Waals surface area contributed by atoms with Crippen molar-refractivity contribution >= 4 is 35.7 Å². The molecule has 0 spiro atoms. The lowest BCUT2D eigenvalue weighted by Gasteiger charge is -2.24. The first-order chi connectivity index (χ1) is 11.6. The molecule has 1 atom stereocenters. The third kappa shape index (κ3) is 5.83. The summed E-state index contributed by atoms with van der Waals surface area (Å²) in [7, 11) is 0. The molecule has 2 rings (SSSR count). The highest BCUT2D eigenvalue weighted by molar-refractivity contribution is 8.02. The summed E-state index contributed by atoms with van der Waals surface area (Å²) < 4.78 is 3.38. The van der Waals surface area contributed by atoms with Crippen LogP contribution in [-0.2, 0) is 0 Å². The van der Waals surface area contributed by atoms with Crippen LogP contribution < -0.4 is 10.0 Å². The van der Waals surface area contributed by atoms with Gasteiger partial charge in [-0.3, -0.25) is 4.72 Å². The number of nitrogens with zero attached hydrogens (tertiary/aromatic N) is 3. The Kier molecular flexibility index (Phi) is 8.15. The Morgan fingerprint density at radius 2 is 2.25 bits per heavy atom. The fraction of sp³-hybridized carbons (Fsp3) is 0.647. The molecule has 2 aliphatic heterocycles. The third-order valence-electron chi connectivity index (χ3n) is 4.12. The second-order valence-electron chi connectivity index (χ2n) is 6.05. The van der Waals surface area contributed by atoms with E-state index in [9.17, 15) is 0 Å². The van der Waals surface area contributed by atoms with Gasteiger partial charge in [0, 0.05) is 22.1 Å². The molecule has 0 aliphatic carbocycles. The maximum absolute atomic E-state index is 6.18. The molecule has 2 heterocycles. The first kappa shape index (κ1) is 19.3. The summed E-state index contributed by atoms with van der Waals surface area (Å²) in [6.07, 6.45) is 9.25. The van der Waals surface area contributed by atoms with Crippen LogP contribution in [0.15, 0.2) is 32.2 Å². The fourth-order valence-corrected chi connectivity index (χ4v) is 3.48. The van der Waals surface area contributed by atoms with Crippen LogP contribution in [0.4, 0.5) is 0 Å². The van der Waals surface area contributed by atoms with Crippen molar-refractivity contribution in [3.05, 3.63) is 22.1 Å². The van der Waals surface area contributed by atoms with E-state index in [1.54, 1.807) is 0 Å². The number of nitrogens with one attached hydrogen (secondary N) is 2. The van der Waals surface area contributed by atoms with Crippen LogP contribution >= 0.6 is 23.5 Å². The van der Waals surface area contributed by atoms with Gasteiger partial charge in [-0.25, -0.2) is 10.0 Å². The van der Waals surface area contributed by atoms with Crippen molar-refractivity contribution in [2.45, 2.75) is 46.1 Å². The van der Waals surface area contributed by atoms with Gasteiger partial charge in [0.05, 0.1) is 12.6 Å². The number of hydrazone groups is 1. The van der Waals surface area contributed by atoms with E-state index in [2.05, 4.69) is 22.1 Å². The summed E-state index contributed by atoms with van der Waals surface area (Å²) in [4.78, 5) is 5.94. The summed E-state index contributed by atoms with van der Waals surface area (Å²) in [5, 5.41) is 10.7. The average molecular weight is 370 g/mol. The molecule has 0 bridgehead atoms. The lowest BCUT2D eigenvalue weighted by atomic mass is 10.1. The Bertz CT molecular complexity index is 519. The maximum Gasteiger partial charge on any atom is 0.225 e. The highest BCUT2D eigenvalue weighted by Crippen LogP contribution is 2.22. The molecule has 7 heteroatoms. The Hall–Kier alpha value is -0.980. The Labute approximate surface area is 154 Å². The topological polar surface area (TPSA) is 52.0 Å². The van der Waals surface area contributed by atoms with Crippen LogP contribution in [0.2, 0.25) is 0 Å². The monoisotopic (exact) mass is 369 g/mol. The van der Waals surface area contributed by atoms with Gasteiger partial charge in [0.15, 0.2) is 0 Å². The smallest absolute Gasteiger partial charge is 0.225 e. The highest BCUT2D eigenvalue weighted by Gasteiger charge is 2.22. The van der Waals surface area contributed by atoms with E-state index in [1.165, 1.54) is 11.9 Å². The summed E-state index contributed by atoms with van der Waals surface area (Å²) in [6, 6.07) is 0.344. The van der Waals surface area contributed by atoms with Crippen LogP contribution in [0.25, 0.3) is 0 Å². The van der Waals surface area contributed by atoms with Crippen molar-refractivity contribution in [1.82, 2.24) is 15.0 Å². The molecule has 2 N–H and O–H groups in total. The van der Waals surface area contributed by atoms with Crippen LogP contribution in [0.5, 0.6) is 0 Å². The zero-order valence-corrected chi connectivity index (χ0v) is 16.3. The van der Waals surface area contributed by atoms with E-state index in [-0.39, 0.29) is 0 Å². The highest BCUT2D eigenvalue weighted by atomic mass is 35.5.